The van der Waals surface area contributed by atoms with Crippen LogP contribution in [0.3, 0.4) is 0 Å². The Morgan fingerprint density at radius 2 is 2.19 bits per heavy atom. The van der Waals surface area contributed by atoms with Gasteiger partial charge in [-0.2, -0.15) is 10.1 Å². The second kappa shape index (κ2) is 7.14. The van der Waals surface area contributed by atoms with Gasteiger partial charge in [-0.3, -0.25) is 14.3 Å². The first kappa shape index (κ1) is 17.9. The molecule has 3 aromatic rings. The summed E-state index contributed by atoms with van der Waals surface area (Å²) in [5, 5.41) is 23.1. The Labute approximate surface area is 154 Å². The van der Waals surface area contributed by atoms with Gasteiger partial charge in [0.2, 0.25) is 5.95 Å². The van der Waals surface area contributed by atoms with E-state index in [4.69, 9.17) is 0 Å². The first-order valence-corrected chi connectivity index (χ1v) is 8.29. The van der Waals surface area contributed by atoms with E-state index < -0.39 is 11.2 Å². The average Bonchev–Trinajstić information content (AvgIpc) is 2.95. The smallest absolute Gasteiger partial charge is 0.329 e. The van der Waals surface area contributed by atoms with Gasteiger partial charge in [0, 0.05) is 23.6 Å². The van der Waals surface area contributed by atoms with E-state index in [0.717, 1.165) is 4.47 Å². The van der Waals surface area contributed by atoms with Crippen molar-refractivity contribution in [3.8, 4) is 5.75 Å². The molecule has 0 fully saturated rings. The monoisotopic (exact) mass is 422 g/mol. The van der Waals surface area contributed by atoms with Crippen LogP contribution in [0, 0.1) is 0 Å². The Bertz CT molecular complexity index is 1110. The van der Waals surface area contributed by atoms with Gasteiger partial charge in [0.25, 0.3) is 5.56 Å². The molecule has 0 atom stereocenters. The average molecular weight is 423 g/mol. The Morgan fingerprint density at radius 1 is 1.42 bits per heavy atom. The normalized spacial score (nSPS) is 11.5. The molecular weight excluding hydrogens is 408 g/mol. The fourth-order valence-electron chi connectivity index (χ4n) is 2.43. The number of hydrazone groups is 1. The zero-order valence-electron chi connectivity index (χ0n) is 13.6. The lowest BCUT2D eigenvalue weighted by atomic mass is 10.2. The molecule has 3 rings (SSSR count). The third-order valence-corrected chi connectivity index (χ3v) is 4.18. The molecule has 0 aliphatic carbocycles. The minimum absolute atomic E-state index is 0.0430. The number of aromatic amines is 1. The first-order valence-electron chi connectivity index (χ1n) is 7.50. The third kappa shape index (κ3) is 3.26. The molecule has 2 heterocycles. The summed E-state index contributed by atoms with van der Waals surface area (Å²) in [5.74, 6) is 0.216. The molecule has 11 heteroatoms. The predicted octanol–water partition coefficient (Wildman–Crippen LogP) is 0.330. The van der Waals surface area contributed by atoms with Crippen LogP contribution >= 0.6 is 15.9 Å². The van der Waals surface area contributed by atoms with Crippen molar-refractivity contribution in [1.82, 2.24) is 19.1 Å². The molecule has 2 aromatic heterocycles. The number of hydrogen-bond acceptors (Lipinski definition) is 7. The SMILES string of the molecule is Cn1c(=O)[nH]c(=O)c2c1nc(N/N=C/c1cc(Br)ccc1O)n2CCO. The van der Waals surface area contributed by atoms with Gasteiger partial charge in [-0.25, -0.2) is 10.2 Å². The largest absolute Gasteiger partial charge is 0.507 e. The van der Waals surface area contributed by atoms with Gasteiger partial charge in [0.15, 0.2) is 11.2 Å². The molecule has 0 unspecified atom stereocenters. The van der Waals surface area contributed by atoms with Crippen LogP contribution in [0.4, 0.5) is 5.95 Å². The number of fused-ring (bicyclic) bond motifs is 1. The van der Waals surface area contributed by atoms with Gasteiger partial charge in [0.05, 0.1) is 12.8 Å². The summed E-state index contributed by atoms with van der Waals surface area (Å²) >= 11 is 3.30. The van der Waals surface area contributed by atoms with Gasteiger partial charge in [-0.1, -0.05) is 15.9 Å². The second-order valence-corrected chi connectivity index (χ2v) is 6.29. The fraction of sp³-hybridized carbons (Fsp3) is 0.200. The van der Waals surface area contributed by atoms with Crippen LogP contribution in [0.25, 0.3) is 11.2 Å². The molecule has 0 bridgehead atoms. The molecule has 1 aromatic carbocycles. The number of phenols is 1. The number of aliphatic hydroxyl groups excluding tert-OH is 1. The first-order chi connectivity index (χ1) is 12.4. The lowest BCUT2D eigenvalue weighted by molar-refractivity contribution is 0.278. The summed E-state index contributed by atoms with van der Waals surface area (Å²) in [4.78, 5) is 30.3. The maximum Gasteiger partial charge on any atom is 0.329 e. The number of rotatable bonds is 5. The van der Waals surface area contributed by atoms with Crippen LogP contribution in [0.1, 0.15) is 5.56 Å². The minimum atomic E-state index is -0.606. The summed E-state index contributed by atoms with van der Waals surface area (Å²) in [5.41, 5.74) is 2.24. The van der Waals surface area contributed by atoms with E-state index in [1.54, 1.807) is 12.1 Å². The second-order valence-electron chi connectivity index (χ2n) is 5.37. The van der Waals surface area contributed by atoms with Crippen molar-refractivity contribution < 1.29 is 10.2 Å². The number of aromatic nitrogens is 4. The zero-order valence-corrected chi connectivity index (χ0v) is 15.2. The van der Waals surface area contributed by atoms with Crippen LogP contribution in [0.5, 0.6) is 5.75 Å². The van der Waals surface area contributed by atoms with Gasteiger partial charge in [-0.05, 0) is 18.2 Å². The maximum absolute atomic E-state index is 12.1. The zero-order chi connectivity index (χ0) is 18.8. The number of benzene rings is 1. The highest BCUT2D eigenvalue weighted by atomic mass is 79.9. The minimum Gasteiger partial charge on any atom is -0.507 e. The van der Waals surface area contributed by atoms with Crippen molar-refractivity contribution in [2.24, 2.45) is 12.1 Å². The number of aromatic hydroxyl groups is 1. The Hall–Kier alpha value is -2.92. The van der Waals surface area contributed by atoms with E-state index in [2.05, 4.69) is 36.4 Å². The molecule has 0 radical (unpaired) electrons. The van der Waals surface area contributed by atoms with Crippen LogP contribution in [-0.2, 0) is 13.6 Å². The third-order valence-electron chi connectivity index (χ3n) is 3.69. The summed E-state index contributed by atoms with van der Waals surface area (Å²) in [6, 6.07) is 4.88. The number of H-pyrrole nitrogens is 1. The molecule has 0 aliphatic heterocycles. The van der Waals surface area contributed by atoms with E-state index in [9.17, 15) is 19.8 Å². The maximum atomic E-state index is 12.1. The highest BCUT2D eigenvalue weighted by molar-refractivity contribution is 9.10. The Morgan fingerprint density at radius 3 is 2.92 bits per heavy atom. The van der Waals surface area contributed by atoms with Crippen LogP contribution in [0.15, 0.2) is 37.4 Å². The van der Waals surface area contributed by atoms with Crippen molar-refractivity contribution >= 4 is 39.3 Å². The van der Waals surface area contributed by atoms with Crippen molar-refractivity contribution in [1.29, 1.82) is 0 Å². The molecule has 0 spiro atoms. The molecule has 0 saturated heterocycles. The molecule has 10 nitrogen and oxygen atoms in total. The number of nitrogens with one attached hydrogen (secondary N) is 2. The number of imidazole rings is 1. The molecule has 4 N–H and O–H groups in total. The molecule has 136 valence electrons. The lowest BCUT2D eigenvalue weighted by Gasteiger charge is -2.05. The summed E-state index contributed by atoms with van der Waals surface area (Å²) in [6.07, 6.45) is 1.38. The molecule has 0 saturated carbocycles. The van der Waals surface area contributed by atoms with Crippen LogP contribution in [-0.4, -0.2) is 42.1 Å². The number of halogens is 1. The van der Waals surface area contributed by atoms with Gasteiger partial charge >= 0.3 is 5.69 Å². The van der Waals surface area contributed by atoms with E-state index in [1.165, 1.54) is 28.5 Å². The van der Waals surface area contributed by atoms with E-state index in [0.29, 0.717) is 5.56 Å². The van der Waals surface area contributed by atoms with E-state index >= 15 is 0 Å². The fourth-order valence-corrected chi connectivity index (χ4v) is 2.80. The predicted molar refractivity (Wildman–Crippen MR) is 99.7 cm³/mol. The van der Waals surface area contributed by atoms with Crippen molar-refractivity contribution in [2.45, 2.75) is 6.54 Å². The number of aryl methyl sites for hydroxylation is 1. The lowest BCUT2D eigenvalue weighted by Crippen LogP contribution is -2.29. The van der Waals surface area contributed by atoms with Crippen molar-refractivity contribution in [3.63, 3.8) is 0 Å². The van der Waals surface area contributed by atoms with Gasteiger partial charge in [0.1, 0.15) is 5.75 Å². The highest BCUT2D eigenvalue weighted by Crippen LogP contribution is 2.20. The molecule has 0 aliphatic rings. The quantitative estimate of drug-likeness (QED) is 0.345. The molecule has 0 amide bonds. The van der Waals surface area contributed by atoms with E-state index in [-0.39, 0.29) is 36.0 Å². The Kier molecular flexibility index (Phi) is 4.91. The number of nitrogens with zero attached hydrogens (tertiary/aromatic N) is 4. The topological polar surface area (TPSA) is 138 Å². The summed E-state index contributed by atoms with van der Waals surface area (Å²) in [7, 11) is 1.48. The molecular formula is C15H15BrN6O4. The van der Waals surface area contributed by atoms with Crippen molar-refractivity contribution in [3.05, 3.63) is 49.1 Å². The number of aliphatic hydroxyl groups is 1. The van der Waals surface area contributed by atoms with Gasteiger partial charge in [-0.15, -0.1) is 0 Å². The highest BCUT2D eigenvalue weighted by Gasteiger charge is 2.16. The standard InChI is InChI=1S/C15H15BrN6O4/c1-21-12-11(13(25)19-15(21)26)22(4-5-23)14(18-12)20-17-7-8-6-9(16)2-3-10(8)24/h2-3,6-7,23-24H,4-5H2,1H3,(H,18,20)(H,19,25,26)/b17-7+. The number of phenolic OH excluding ortho intramolecular Hbond substituents is 1. The number of hydrogen-bond donors (Lipinski definition) is 4. The number of anilines is 1. The van der Waals surface area contributed by atoms with Gasteiger partial charge < -0.3 is 14.8 Å². The van der Waals surface area contributed by atoms with Crippen LogP contribution < -0.4 is 16.7 Å². The van der Waals surface area contributed by atoms with Crippen molar-refractivity contribution in [2.75, 3.05) is 12.0 Å². The molecule has 26 heavy (non-hydrogen) atoms. The van der Waals surface area contributed by atoms with Crippen LogP contribution in [0.2, 0.25) is 0 Å². The Balaban J connectivity index is 2.03. The summed E-state index contributed by atoms with van der Waals surface area (Å²) in [6.45, 7) is -0.156. The van der Waals surface area contributed by atoms with E-state index in [1.807, 2.05) is 0 Å². The summed E-state index contributed by atoms with van der Waals surface area (Å²) < 4.78 is 3.39.